The highest BCUT2D eigenvalue weighted by Gasteiger charge is 2.12. The van der Waals surface area contributed by atoms with Gasteiger partial charge in [-0.05, 0) is 36.0 Å². The molecule has 1 atom stereocenters. The van der Waals surface area contributed by atoms with Gasteiger partial charge >= 0.3 is 0 Å². The number of nitrogens with zero attached hydrogens (tertiary/aromatic N) is 2. The zero-order valence-electron chi connectivity index (χ0n) is 10.4. The molecular weight excluding hydrogens is 248 g/mol. The van der Waals surface area contributed by atoms with Crippen LogP contribution in [0.5, 0.6) is 0 Å². The van der Waals surface area contributed by atoms with Crippen LogP contribution < -0.4 is 0 Å². The van der Waals surface area contributed by atoms with Crippen LogP contribution in [0.1, 0.15) is 11.1 Å². The summed E-state index contributed by atoms with van der Waals surface area (Å²) < 4.78 is 1.78. The highest BCUT2D eigenvalue weighted by Crippen LogP contribution is 2.20. The van der Waals surface area contributed by atoms with Crippen LogP contribution in [0.25, 0.3) is 0 Å². The van der Waals surface area contributed by atoms with E-state index >= 15 is 0 Å². The lowest BCUT2D eigenvalue weighted by Crippen LogP contribution is -2.13. The van der Waals surface area contributed by atoms with Gasteiger partial charge in [0.2, 0.25) is 0 Å². The fourth-order valence-corrected chi connectivity index (χ4v) is 2.30. The van der Waals surface area contributed by atoms with Crippen LogP contribution in [0.3, 0.4) is 0 Å². The smallest absolute Gasteiger partial charge is 0.0521 e. The molecule has 0 aliphatic carbocycles. The number of halogens is 1. The quantitative estimate of drug-likeness (QED) is 0.901. The van der Waals surface area contributed by atoms with Gasteiger partial charge in [-0.1, -0.05) is 29.8 Å². The van der Waals surface area contributed by atoms with Gasteiger partial charge < -0.3 is 5.11 Å². The van der Waals surface area contributed by atoms with Gasteiger partial charge in [0.1, 0.15) is 0 Å². The molecule has 0 spiro atoms. The molecule has 0 fully saturated rings. The maximum absolute atomic E-state index is 9.48. The second-order valence-corrected chi connectivity index (χ2v) is 4.98. The van der Waals surface area contributed by atoms with Crippen molar-refractivity contribution in [2.75, 3.05) is 6.61 Å². The van der Waals surface area contributed by atoms with Crippen LogP contribution in [0.15, 0.2) is 36.7 Å². The second kappa shape index (κ2) is 6.03. The second-order valence-electron chi connectivity index (χ2n) is 4.57. The first-order valence-corrected chi connectivity index (χ1v) is 6.38. The van der Waals surface area contributed by atoms with Crippen LogP contribution in [0, 0.1) is 5.92 Å². The van der Waals surface area contributed by atoms with E-state index in [0.29, 0.717) is 0 Å². The van der Waals surface area contributed by atoms with E-state index in [-0.39, 0.29) is 12.5 Å². The van der Waals surface area contributed by atoms with Crippen LogP contribution >= 0.6 is 11.6 Å². The number of aliphatic hydroxyl groups excluding tert-OH is 1. The lowest BCUT2D eigenvalue weighted by Gasteiger charge is -2.14. The summed E-state index contributed by atoms with van der Waals surface area (Å²) in [4.78, 5) is 0. The van der Waals surface area contributed by atoms with Gasteiger partial charge in [0.05, 0.1) is 6.20 Å². The summed E-state index contributed by atoms with van der Waals surface area (Å²) in [5, 5.41) is 14.4. The lowest BCUT2D eigenvalue weighted by molar-refractivity contribution is 0.225. The molecule has 0 radical (unpaired) electrons. The summed E-state index contributed by atoms with van der Waals surface area (Å²) in [5.74, 6) is 0.175. The number of aryl methyl sites for hydroxylation is 1. The maximum Gasteiger partial charge on any atom is 0.0521 e. The van der Waals surface area contributed by atoms with Gasteiger partial charge in [0.25, 0.3) is 0 Å². The minimum Gasteiger partial charge on any atom is -0.396 e. The summed E-state index contributed by atoms with van der Waals surface area (Å²) in [6.07, 6.45) is 5.42. The van der Waals surface area contributed by atoms with E-state index in [1.54, 1.807) is 4.68 Å². The van der Waals surface area contributed by atoms with Crippen molar-refractivity contribution in [3.63, 3.8) is 0 Å². The molecule has 1 N–H and O–H groups in total. The van der Waals surface area contributed by atoms with Crippen LogP contribution in [-0.4, -0.2) is 21.5 Å². The minimum atomic E-state index is 0.153. The molecule has 1 aromatic heterocycles. The van der Waals surface area contributed by atoms with Crippen molar-refractivity contribution in [2.24, 2.45) is 13.0 Å². The van der Waals surface area contributed by atoms with E-state index < -0.39 is 0 Å². The van der Waals surface area contributed by atoms with E-state index in [4.69, 9.17) is 11.6 Å². The summed E-state index contributed by atoms with van der Waals surface area (Å²) in [7, 11) is 1.89. The molecule has 1 heterocycles. The Hall–Kier alpha value is -1.32. The molecule has 1 unspecified atom stereocenters. The van der Waals surface area contributed by atoms with Gasteiger partial charge in [-0.2, -0.15) is 5.10 Å². The van der Waals surface area contributed by atoms with Gasteiger partial charge in [-0.25, -0.2) is 0 Å². The molecule has 0 amide bonds. The number of hydrogen-bond acceptors (Lipinski definition) is 2. The Morgan fingerprint density at radius 3 is 2.72 bits per heavy atom. The number of aromatic nitrogens is 2. The average molecular weight is 265 g/mol. The fourth-order valence-electron chi connectivity index (χ4n) is 2.09. The zero-order chi connectivity index (χ0) is 13.0. The molecular formula is C14H17ClN2O. The first-order chi connectivity index (χ1) is 8.69. The predicted octanol–water partition coefficient (Wildman–Crippen LogP) is 2.47. The predicted molar refractivity (Wildman–Crippen MR) is 72.6 cm³/mol. The summed E-state index contributed by atoms with van der Waals surface area (Å²) in [6, 6.07) is 7.78. The SMILES string of the molecule is Cn1cc(CC(CO)Cc2ccccc2Cl)cn1. The van der Waals surface area contributed by atoms with Crippen molar-refractivity contribution in [3.05, 3.63) is 52.8 Å². The Morgan fingerprint density at radius 2 is 2.11 bits per heavy atom. The van der Waals surface area contributed by atoms with E-state index in [1.165, 1.54) is 0 Å². The molecule has 1 aromatic carbocycles. The van der Waals surface area contributed by atoms with E-state index in [1.807, 2.05) is 43.7 Å². The molecule has 0 saturated carbocycles. The Balaban J connectivity index is 2.04. The molecule has 0 aliphatic rings. The minimum absolute atomic E-state index is 0.153. The first-order valence-electron chi connectivity index (χ1n) is 6.01. The van der Waals surface area contributed by atoms with Crippen molar-refractivity contribution in [1.29, 1.82) is 0 Å². The first kappa shape index (κ1) is 13.1. The summed E-state index contributed by atoms with van der Waals surface area (Å²) in [5.41, 5.74) is 2.23. The number of hydrogen-bond donors (Lipinski definition) is 1. The highest BCUT2D eigenvalue weighted by molar-refractivity contribution is 6.31. The summed E-state index contributed by atoms with van der Waals surface area (Å²) >= 11 is 6.13. The Labute approximate surface area is 112 Å². The monoisotopic (exact) mass is 264 g/mol. The molecule has 2 aromatic rings. The zero-order valence-corrected chi connectivity index (χ0v) is 11.1. The van der Waals surface area contributed by atoms with E-state index in [9.17, 15) is 5.11 Å². The van der Waals surface area contributed by atoms with Crippen molar-refractivity contribution in [1.82, 2.24) is 9.78 Å². The van der Waals surface area contributed by atoms with Crippen molar-refractivity contribution in [3.8, 4) is 0 Å². The largest absolute Gasteiger partial charge is 0.396 e. The van der Waals surface area contributed by atoms with E-state index in [0.717, 1.165) is 29.0 Å². The molecule has 96 valence electrons. The topological polar surface area (TPSA) is 38.0 Å². The van der Waals surface area contributed by atoms with Crippen molar-refractivity contribution >= 4 is 11.6 Å². The standard InChI is InChI=1S/C14H17ClN2O/c1-17-9-12(8-16-17)6-11(10-18)7-13-4-2-3-5-14(13)15/h2-5,8-9,11,18H,6-7,10H2,1H3. The van der Waals surface area contributed by atoms with Gasteiger partial charge in [-0.3, -0.25) is 4.68 Å². The maximum atomic E-state index is 9.48. The normalized spacial score (nSPS) is 12.6. The van der Waals surface area contributed by atoms with Crippen molar-refractivity contribution in [2.45, 2.75) is 12.8 Å². The van der Waals surface area contributed by atoms with Gasteiger partial charge in [-0.15, -0.1) is 0 Å². The fraction of sp³-hybridized carbons (Fsp3) is 0.357. The third kappa shape index (κ3) is 3.34. The molecule has 4 heteroatoms. The number of aliphatic hydroxyl groups is 1. The lowest BCUT2D eigenvalue weighted by atomic mass is 9.94. The van der Waals surface area contributed by atoms with Crippen LogP contribution in [0.4, 0.5) is 0 Å². The molecule has 18 heavy (non-hydrogen) atoms. The molecule has 2 rings (SSSR count). The molecule has 0 aliphatic heterocycles. The van der Waals surface area contributed by atoms with E-state index in [2.05, 4.69) is 5.10 Å². The Kier molecular flexibility index (Phi) is 4.39. The van der Waals surface area contributed by atoms with Gasteiger partial charge in [0, 0.05) is 24.9 Å². The molecule has 0 bridgehead atoms. The third-order valence-corrected chi connectivity index (χ3v) is 3.38. The summed E-state index contributed by atoms with van der Waals surface area (Å²) in [6.45, 7) is 0.153. The highest BCUT2D eigenvalue weighted by atomic mass is 35.5. The Morgan fingerprint density at radius 1 is 1.33 bits per heavy atom. The average Bonchev–Trinajstić information content (AvgIpc) is 2.76. The van der Waals surface area contributed by atoms with Crippen LogP contribution in [-0.2, 0) is 19.9 Å². The molecule has 0 saturated heterocycles. The number of rotatable bonds is 5. The third-order valence-electron chi connectivity index (χ3n) is 3.01. The van der Waals surface area contributed by atoms with Crippen LogP contribution in [0.2, 0.25) is 5.02 Å². The Bertz CT molecular complexity index is 510. The number of benzene rings is 1. The molecule has 3 nitrogen and oxygen atoms in total. The van der Waals surface area contributed by atoms with Gasteiger partial charge in [0.15, 0.2) is 0 Å². The van der Waals surface area contributed by atoms with Crippen molar-refractivity contribution < 1.29 is 5.11 Å².